The number of rotatable bonds is 28. The van der Waals surface area contributed by atoms with Crippen molar-refractivity contribution in [1.29, 1.82) is 0 Å². The lowest BCUT2D eigenvalue weighted by atomic mass is 9.49. The van der Waals surface area contributed by atoms with E-state index in [1.165, 1.54) is 19.6 Å². The fourth-order valence-corrected chi connectivity index (χ4v) is 20.0. The van der Waals surface area contributed by atoms with Gasteiger partial charge in [-0.25, -0.2) is 19.6 Å². The number of nitrogens with zero attached hydrogens (tertiary/aromatic N) is 8. The summed E-state index contributed by atoms with van der Waals surface area (Å²) in [5.74, 6) is 1.09. The predicted molar refractivity (Wildman–Crippen MR) is 483 cm³/mol. The van der Waals surface area contributed by atoms with Gasteiger partial charge in [-0.3, -0.25) is 19.6 Å². The van der Waals surface area contributed by atoms with E-state index in [2.05, 4.69) is 265 Å². The van der Waals surface area contributed by atoms with Gasteiger partial charge in [0.1, 0.15) is 60.6 Å². The van der Waals surface area contributed by atoms with Gasteiger partial charge in [0.15, 0.2) is 0 Å². The van der Waals surface area contributed by atoms with E-state index in [1.807, 2.05) is 24.3 Å². The largest absolute Gasteiger partial charge is 0.487 e. The number of fused-ring (bicyclic) bond motifs is 7. The standard InChI is InChI=1S/C98H92B2N8O8S2/c1-3-5-7-9-31-83(95-101-85-33-19-21-35-87(85)117-95)93-89-90(92(70-43-51-80(52-44-70)116-82-59-105(63-111)98(114)106(60-82)64-112)107(93)99(75-45-37-65-23-11-15-27-71(65)53-75)76-46-38-66-24-12-16-28-72(66)54-76)94(84(32-10-8-6-4-2)96-102-86-34-20-22-36-88(86)118-96)108(91(89)69-41-49-79(50-42-69)115-81-57-103(61-109)97(113)104(58-81)62-110)100(77-47-39-67-25-13-17-29-73(67)55-77)78-48-40-68-26-14-18-30-74(68)56-78/h11-30,33-56,81-82,109-112H,3-10,31-32,57-64H2,1-2H3/b93-83-,94-84-. The number of para-hydroxylation sites is 2. The van der Waals surface area contributed by atoms with Crippen molar-refractivity contribution >= 4 is 156 Å². The Labute approximate surface area is 694 Å². The third-order valence-electron chi connectivity index (χ3n) is 23.6. The molecule has 4 N–H and O–H groups in total. The predicted octanol–water partition coefficient (Wildman–Crippen LogP) is 16.0. The molecule has 12 aromatic carbocycles. The minimum Gasteiger partial charge on any atom is -0.487 e. The van der Waals surface area contributed by atoms with Crippen molar-refractivity contribution in [3.63, 3.8) is 0 Å². The van der Waals surface area contributed by atoms with E-state index in [1.54, 1.807) is 22.7 Å². The topological polar surface area (TPSA) is 182 Å². The molecule has 4 aromatic heterocycles. The van der Waals surface area contributed by atoms with Crippen LogP contribution in [-0.4, -0.2) is 150 Å². The van der Waals surface area contributed by atoms with Crippen LogP contribution in [0.25, 0.3) is 108 Å². The molecule has 590 valence electrons. The van der Waals surface area contributed by atoms with Crippen LogP contribution in [0.15, 0.2) is 267 Å². The molecule has 16 aromatic rings. The van der Waals surface area contributed by atoms with Crippen LogP contribution in [0.4, 0.5) is 9.59 Å². The van der Waals surface area contributed by atoms with Crippen LogP contribution >= 0.6 is 22.7 Å². The lowest BCUT2D eigenvalue weighted by Crippen LogP contribution is -2.57. The maximum absolute atomic E-state index is 13.5. The minimum absolute atomic E-state index is 0.111. The van der Waals surface area contributed by atoms with Crippen LogP contribution in [0.5, 0.6) is 11.5 Å². The van der Waals surface area contributed by atoms with Crippen LogP contribution < -0.4 is 42.0 Å². The van der Waals surface area contributed by atoms with Gasteiger partial charge in [-0.1, -0.05) is 268 Å². The Balaban J connectivity index is 1.09. The lowest BCUT2D eigenvalue weighted by molar-refractivity contribution is -0.00190. The Kier molecular flexibility index (Phi) is 22.5. The first-order valence-electron chi connectivity index (χ1n) is 41.3. The lowest BCUT2D eigenvalue weighted by Gasteiger charge is -2.38. The second-order valence-corrected chi connectivity index (χ2v) is 33.3. The average Bonchev–Trinajstić information content (AvgIpc) is 1.52. The number of hydrogen-bond donors (Lipinski definition) is 4. The number of urea groups is 2. The van der Waals surface area contributed by atoms with Crippen molar-refractivity contribution in [2.45, 2.75) is 90.3 Å². The highest BCUT2D eigenvalue weighted by molar-refractivity contribution is 7.20. The molecule has 2 saturated heterocycles. The maximum Gasteiger partial charge on any atom is 0.328 e. The van der Waals surface area contributed by atoms with Gasteiger partial charge in [-0.2, -0.15) is 0 Å². The number of aromatic nitrogens is 4. The van der Waals surface area contributed by atoms with E-state index in [0.717, 1.165) is 202 Å². The van der Waals surface area contributed by atoms with Gasteiger partial charge in [0, 0.05) is 44.0 Å². The molecule has 4 amide bonds. The van der Waals surface area contributed by atoms with E-state index in [0.29, 0.717) is 24.3 Å². The van der Waals surface area contributed by atoms with Gasteiger partial charge in [0.05, 0.1) is 46.6 Å². The number of carbonyl (C=O) groups is 2. The van der Waals surface area contributed by atoms with Crippen molar-refractivity contribution in [1.82, 2.24) is 38.5 Å². The Morgan fingerprint density at radius 2 is 0.678 bits per heavy atom. The number of unbranched alkanes of at least 4 members (excludes halogenated alkanes) is 6. The minimum atomic E-state index is -0.605. The first kappa shape index (κ1) is 77.4. The highest BCUT2D eigenvalue weighted by Gasteiger charge is 2.40. The van der Waals surface area contributed by atoms with Gasteiger partial charge in [-0.15, -0.1) is 22.7 Å². The van der Waals surface area contributed by atoms with Crippen LogP contribution in [0, 0.1) is 0 Å². The highest BCUT2D eigenvalue weighted by Crippen LogP contribution is 2.42. The summed E-state index contributed by atoms with van der Waals surface area (Å²) in [5.41, 5.74) is 12.0. The molecule has 18 rings (SSSR count). The quantitative estimate of drug-likeness (QED) is 0.0272. The van der Waals surface area contributed by atoms with E-state index >= 15 is 0 Å². The molecule has 0 unspecified atom stereocenters. The normalized spacial score (nSPS) is 14.4. The molecule has 0 aliphatic carbocycles. The number of ether oxygens (including phenoxy) is 2. The monoisotopic (exact) mass is 1590 g/mol. The van der Waals surface area contributed by atoms with E-state index in [9.17, 15) is 30.0 Å². The van der Waals surface area contributed by atoms with Crippen LogP contribution in [0.1, 0.15) is 88.1 Å². The Bertz CT molecular complexity index is 5900. The van der Waals surface area contributed by atoms with E-state index in [4.69, 9.17) is 19.4 Å². The van der Waals surface area contributed by atoms with Crippen LogP contribution in [0.3, 0.4) is 0 Å². The summed E-state index contributed by atoms with van der Waals surface area (Å²) in [4.78, 5) is 43.9. The molecule has 2 fully saturated rings. The van der Waals surface area contributed by atoms with E-state index < -0.39 is 64.9 Å². The molecule has 0 bridgehead atoms. The molecule has 2 aliphatic heterocycles. The van der Waals surface area contributed by atoms with Crippen molar-refractivity contribution < 1.29 is 39.5 Å². The summed E-state index contributed by atoms with van der Waals surface area (Å²) in [6.45, 7) is 1.72. The van der Waals surface area contributed by atoms with Gasteiger partial charge < -0.3 is 38.9 Å². The van der Waals surface area contributed by atoms with E-state index in [-0.39, 0.29) is 26.2 Å². The summed E-state index contributed by atoms with van der Waals surface area (Å²) in [6.07, 6.45) is 7.92. The Morgan fingerprint density at radius 3 is 0.983 bits per heavy atom. The third-order valence-corrected chi connectivity index (χ3v) is 25.8. The Hall–Kier alpha value is -11.9. The zero-order valence-corrected chi connectivity index (χ0v) is 67.9. The molecule has 16 nitrogen and oxygen atoms in total. The maximum atomic E-state index is 13.5. The molecule has 0 spiro atoms. The number of benzene rings is 12. The molecule has 2 aliphatic rings. The fourth-order valence-electron chi connectivity index (χ4n) is 17.9. The van der Waals surface area contributed by atoms with Gasteiger partial charge in [0.2, 0.25) is 0 Å². The number of aliphatic hydroxyl groups excluding tert-OH is 4. The molecular weight excluding hydrogens is 1500 g/mol. The van der Waals surface area contributed by atoms with Gasteiger partial charge in [0.25, 0.3) is 0 Å². The smallest absolute Gasteiger partial charge is 0.328 e. The Morgan fingerprint density at radius 1 is 0.373 bits per heavy atom. The first-order valence-corrected chi connectivity index (χ1v) is 42.9. The van der Waals surface area contributed by atoms with Crippen molar-refractivity contribution in [2.75, 3.05) is 53.1 Å². The summed E-state index contributed by atoms with van der Waals surface area (Å²) in [7, 11) is 0. The SMILES string of the molecule is CCCCCC/C(c1nc2ccccc2s1)=c1\c2c(-c3ccc(OC4CN(CO)C(=O)N(CO)C4)cc3)n(B(c3ccc4ccccc4c3)c3ccc4ccccc4c3)/c(=C(/CCCCCC)c3nc4ccccc4s3)c2c(-c2ccc(OC3CN(CO)C(=O)N(CO)C3)cc2)n1B(c1ccc2ccccc2c1)c1ccc2ccccc2c1. The van der Waals surface area contributed by atoms with Crippen molar-refractivity contribution in [2.24, 2.45) is 0 Å². The molecule has 6 heterocycles. The van der Waals surface area contributed by atoms with Gasteiger partial charge >= 0.3 is 25.8 Å². The number of amides is 4. The second kappa shape index (κ2) is 34.4. The molecular formula is C98H92B2N8O8S2. The molecule has 0 radical (unpaired) electrons. The highest BCUT2D eigenvalue weighted by atomic mass is 32.1. The molecule has 20 heteroatoms. The molecule has 0 saturated carbocycles. The average molecular weight is 1600 g/mol. The summed E-state index contributed by atoms with van der Waals surface area (Å²) >= 11 is 3.48. The van der Waals surface area contributed by atoms with Crippen molar-refractivity contribution in [3.05, 3.63) is 288 Å². The summed E-state index contributed by atoms with van der Waals surface area (Å²) in [6, 6.07) is 95.7. The number of carbonyl (C=O) groups excluding carboxylic acids is 2. The third kappa shape index (κ3) is 15.2. The molecule has 118 heavy (non-hydrogen) atoms. The number of aliphatic hydroxyl groups is 4. The van der Waals surface area contributed by atoms with Crippen LogP contribution in [-0.2, 0) is 0 Å². The van der Waals surface area contributed by atoms with Gasteiger partial charge in [-0.05, 0) is 153 Å². The second-order valence-electron chi connectivity index (χ2n) is 31.2. The van der Waals surface area contributed by atoms with Crippen molar-refractivity contribution in [3.8, 4) is 34.0 Å². The fraction of sp³-hybridized carbons (Fsp3) is 0.224. The zero-order chi connectivity index (χ0) is 80.3. The van der Waals surface area contributed by atoms with Crippen LogP contribution in [0.2, 0.25) is 0 Å². The number of hydrogen-bond acceptors (Lipinski definition) is 12. The summed E-state index contributed by atoms with van der Waals surface area (Å²) < 4.78 is 21.5. The molecule has 0 atom stereocenters. The first-order chi connectivity index (χ1) is 58.0. The number of thiazole rings is 2. The zero-order valence-electron chi connectivity index (χ0n) is 66.3. The summed E-state index contributed by atoms with van der Waals surface area (Å²) in [5, 5.41) is 57.0.